The van der Waals surface area contributed by atoms with Gasteiger partial charge in [0.25, 0.3) is 0 Å². The van der Waals surface area contributed by atoms with Crippen LogP contribution in [-0.4, -0.2) is 10.8 Å². The number of ketones is 1. The van der Waals surface area contributed by atoms with Crippen molar-refractivity contribution in [3.05, 3.63) is 71.2 Å². The van der Waals surface area contributed by atoms with Crippen LogP contribution in [0.4, 0.5) is 10.1 Å². The number of nitrogens with two attached hydrogens (primary N) is 1. The van der Waals surface area contributed by atoms with Gasteiger partial charge in [-0.3, -0.25) is 4.79 Å². The predicted octanol–water partition coefficient (Wildman–Crippen LogP) is 3.50. The summed E-state index contributed by atoms with van der Waals surface area (Å²) in [5, 5.41) is 0.777. The molecule has 0 atom stereocenters. The molecule has 3 rings (SSSR count). The lowest BCUT2D eigenvalue weighted by Crippen LogP contribution is -2.08. The van der Waals surface area contributed by atoms with Gasteiger partial charge < -0.3 is 5.73 Å². The number of hydrogen-bond acceptors (Lipinski definition) is 3. The third-order valence-corrected chi connectivity index (χ3v) is 3.35. The van der Waals surface area contributed by atoms with Crippen LogP contribution in [0.3, 0.4) is 0 Å². The summed E-state index contributed by atoms with van der Waals surface area (Å²) in [6.07, 6.45) is 0. The number of fused-ring (bicyclic) bond motifs is 1. The molecule has 4 heteroatoms. The van der Waals surface area contributed by atoms with Crippen LogP contribution in [-0.2, 0) is 0 Å². The minimum atomic E-state index is -0.556. The second-order valence-corrected chi connectivity index (χ2v) is 4.93. The van der Waals surface area contributed by atoms with E-state index in [4.69, 9.17) is 5.73 Å². The average molecular weight is 280 g/mol. The van der Waals surface area contributed by atoms with E-state index in [1.165, 1.54) is 18.2 Å². The molecule has 2 aromatic carbocycles. The van der Waals surface area contributed by atoms with Crippen molar-refractivity contribution in [3.63, 3.8) is 0 Å². The normalized spacial score (nSPS) is 10.8. The summed E-state index contributed by atoms with van der Waals surface area (Å²) in [6.45, 7) is 1.80. The van der Waals surface area contributed by atoms with Crippen LogP contribution in [0, 0.1) is 12.7 Å². The number of rotatable bonds is 2. The summed E-state index contributed by atoms with van der Waals surface area (Å²) in [6, 6.07) is 13.2. The first-order valence-corrected chi connectivity index (χ1v) is 6.52. The second kappa shape index (κ2) is 4.98. The highest BCUT2D eigenvalue weighted by Crippen LogP contribution is 2.22. The Hall–Kier alpha value is -2.75. The number of halogens is 1. The van der Waals surface area contributed by atoms with Gasteiger partial charge in [0, 0.05) is 11.1 Å². The standard InChI is InChI=1S/C17H13FN2O/c1-10-6-7-13(18)12(8-10)17(21)16-9-14(19)11-4-2-3-5-15(11)20-16/h2-9H,1H3,(H2,19,20). The molecular weight excluding hydrogens is 267 g/mol. The van der Waals surface area contributed by atoms with E-state index in [1.807, 2.05) is 18.2 Å². The van der Waals surface area contributed by atoms with E-state index in [2.05, 4.69) is 4.98 Å². The van der Waals surface area contributed by atoms with Crippen LogP contribution < -0.4 is 5.73 Å². The Kier molecular flexibility index (Phi) is 3.14. The number of benzene rings is 2. The fourth-order valence-corrected chi connectivity index (χ4v) is 2.27. The van der Waals surface area contributed by atoms with Gasteiger partial charge in [-0.2, -0.15) is 0 Å². The Bertz CT molecular complexity index is 859. The Labute approximate surface area is 121 Å². The van der Waals surface area contributed by atoms with Gasteiger partial charge in [-0.25, -0.2) is 9.37 Å². The van der Waals surface area contributed by atoms with Crippen molar-refractivity contribution in [3.8, 4) is 0 Å². The summed E-state index contributed by atoms with van der Waals surface area (Å²) in [7, 11) is 0. The quantitative estimate of drug-likeness (QED) is 0.731. The van der Waals surface area contributed by atoms with Crippen molar-refractivity contribution >= 4 is 22.4 Å². The van der Waals surface area contributed by atoms with Gasteiger partial charge in [0.05, 0.1) is 11.1 Å². The van der Waals surface area contributed by atoms with E-state index < -0.39 is 11.6 Å². The molecule has 21 heavy (non-hydrogen) atoms. The molecule has 0 fully saturated rings. The zero-order chi connectivity index (χ0) is 15.0. The molecule has 1 aromatic heterocycles. The first-order chi connectivity index (χ1) is 10.1. The number of aryl methyl sites for hydroxylation is 1. The molecule has 0 unspecified atom stereocenters. The van der Waals surface area contributed by atoms with Crippen molar-refractivity contribution in [2.24, 2.45) is 0 Å². The van der Waals surface area contributed by atoms with Crippen LogP contribution in [0.25, 0.3) is 10.9 Å². The summed E-state index contributed by atoms with van der Waals surface area (Å²) in [5.41, 5.74) is 8.00. The van der Waals surface area contributed by atoms with Gasteiger partial charge >= 0.3 is 0 Å². The molecule has 0 radical (unpaired) electrons. The maximum absolute atomic E-state index is 13.8. The van der Waals surface area contributed by atoms with E-state index in [-0.39, 0.29) is 11.3 Å². The van der Waals surface area contributed by atoms with Crippen molar-refractivity contribution in [1.29, 1.82) is 0 Å². The predicted molar refractivity (Wildman–Crippen MR) is 80.7 cm³/mol. The minimum absolute atomic E-state index is 0.0113. The molecule has 3 aromatic rings. The van der Waals surface area contributed by atoms with Crippen LogP contribution in [0.15, 0.2) is 48.5 Å². The lowest BCUT2D eigenvalue weighted by Gasteiger charge is -2.07. The summed E-state index contributed by atoms with van der Waals surface area (Å²) in [5.74, 6) is -1.02. The SMILES string of the molecule is Cc1ccc(F)c(C(=O)c2cc(N)c3ccccc3n2)c1. The molecule has 0 saturated heterocycles. The molecule has 0 aliphatic heterocycles. The molecule has 0 bridgehead atoms. The number of aromatic nitrogens is 1. The van der Waals surface area contributed by atoms with Crippen LogP contribution in [0.2, 0.25) is 0 Å². The van der Waals surface area contributed by atoms with Crippen molar-refractivity contribution in [2.75, 3.05) is 5.73 Å². The van der Waals surface area contributed by atoms with E-state index in [9.17, 15) is 9.18 Å². The van der Waals surface area contributed by atoms with Gasteiger partial charge in [0.2, 0.25) is 5.78 Å². The second-order valence-electron chi connectivity index (χ2n) is 4.93. The smallest absolute Gasteiger partial charge is 0.214 e. The maximum atomic E-state index is 13.8. The highest BCUT2D eigenvalue weighted by atomic mass is 19.1. The lowest BCUT2D eigenvalue weighted by atomic mass is 10.0. The first kappa shape index (κ1) is 13.2. The summed E-state index contributed by atoms with van der Waals surface area (Å²) < 4.78 is 13.8. The Morgan fingerprint density at radius 1 is 1.14 bits per heavy atom. The highest BCUT2D eigenvalue weighted by Gasteiger charge is 2.17. The Morgan fingerprint density at radius 2 is 1.90 bits per heavy atom. The number of pyridine rings is 1. The van der Waals surface area contributed by atoms with Crippen LogP contribution in [0.5, 0.6) is 0 Å². The van der Waals surface area contributed by atoms with Crippen molar-refractivity contribution < 1.29 is 9.18 Å². The monoisotopic (exact) mass is 280 g/mol. The van der Waals surface area contributed by atoms with Crippen LogP contribution >= 0.6 is 0 Å². The van der Waals surface area contributed by atoms with Gasteiger partial charge in [-0.05, 0) is 31.2 Å². The van der Waals surface area contributed by atoms with Gasteiger partial charge in [0.15, 0.2) is 0 Å². The van der Waals surface area contributed by atoms with Gasteiger partial charge in [0.1, 0.15) is 11.5 Å². The van der Waals surface area contributed by atoms with Gasteiger partial charge in [-0.1, -0.05) is 29.8 Å². The van der Waals surface area contributed by atoms with E-state index in [1.54, 1.807) is 19.1 Å². The molecule has 0 amide bonds. The Balaban J connectivity index is 2.16. The number of nitrogens with zero attached hydrogens (tertiary/aromatic N) is 1. The fraction of sp³-hybridized carbons (Fsp3) is 0.0588. The molecule has 0 aliphatic carbocycles. The number of anilines is 1. The zero-order valence-electron chi connectivity index (χ0n) is 11.4. The largest absolute Gasteiger partial charge is 0.398 e. The molecule has 2 N–H and O–H groups in total. The highest BCUT2D eigenvalue weighted by molar-refractivity contribution is 6.10. The lowest BCUT2D eigenvalue weighted by molar-refractivity contribution is 0.103. The molecule has 0 saturated carbocycles. The van der Waals surface area contributed by atoms with Gasteiger partial charge in [-0.15, -0.1) is 0 Å². The summed E-state index contributed by atoms with van der Waals surface area (Å²) >= 11 is 0. The number of para-hydroxylation sites is 1. The minimum Gasteiger partial charge on any atom is -0.398 e. The topological polar surface area (TPSA) is 56.0 Å². The molecular formula is C17H13FN2O. The first-order valence-electron chi connectivity index (χ1n) is 6.52. The average Bonchev–Trinajstić information content (AvgIpc) is 2.49. The third-order valence-electron chi connectivity index (χ3n) is 3.35. The third kappa shape index (κ3) is 2.36. The van der Waals surface area contributed by atoms with Crippen molar-refractivity contribution in [2.45, 2.75) is 6.92 Å². The molecule has 104 valence electrons. The number of nitrogen functional groups attached to an aromatic ring is 1. The number of carbonyl (C=O) groups excluding carboxylic acids is 1. The van der Waals surface area contributed by atoms with E-state index >= 15 is 0 Å². The molecule has 1 heterocycles. The number of hydrogen-bond donors (Lipinski definition) is 1. The summed E-state index contributed by atoms with van der Waals surface area (Å²) in [4.78, 5) is 16.7. The van der Waals surface area contributed by atoms with Crippen molar-refractivity contribution in [1.82, 2.24) is 4.98 Å². The van der Waals surface area contributed by atoms with E-state index in [0.29, 0.717) is 11.2 Å². The molecule has 3 nitrogen and oxygen atoms in total. The maximum Gasteiger partial charge on any atom is 0.214 e. The fourth-order valence-electron chi connectivity index (χ4n) is 2.27. The molecule has 0 aliphatic rings. The van der Waals surface area contributed by atoms with E-state index in [0.717, 1.165) is 10.9 Å². The molecule has 0 spiro atoms. The zero-order valence-corrected chi connectivity index (χ0v) is 11.4. The Morgan fingerprint density at radius 3 is 2.71 bits per heavy atom. The van der Waals surface area contributed by atoms with Crippen LogP contribution in [0.1, 0.15) is 21.6 Å². The number of carbonyl (C=O) groups is 1.